The standard InChI is InChI=1S/C22H25FN2O2/c1-27-18-6-7-21-19(12-18)20(13-24-21)15-8-10-25(11-9-15)14-22(26)16-2-4-17(23)5-3-16/h2-7,12-13,15,22,24,26H,8-11,14H2,1H3/t22-/m1/s1. The first-order valence-electron chi connectivity index (χ1n) is 9.45. The second kappa shape index (κ2) is 7.71. The van der Waals surface area contributed by atoms with Gasteiger partial charge in [0.1, 0.15) is 11.6 Å². The first-order valence-corrected chi connectivity index (χ1v) is 9.45. The average Bonchev–Trinajstić information content (AvgIpc) is 3.12. The number of nitrogens with zero attached hydrogens (tertiary/aromatic N) is 1. The summed E-state index contributed by atoms with van der Waals surface area (Å²) in [5.41, 5.74) is 3.25. The quantitative estimate of drug-likeness (QED) is 0.709. The Bertz CT molecular complexity index is 898. The summed E-state index contributed by atoms with van der Waals surface area (Å²) in [7, 11) is 1.69. The molecule has 1 aromatic heterocycles. The fourth-order valence-electron chi connectivity index (χ4n) is 4.05. The number of H-pyrrole nitrogens is 1. The molecule has 1 aliphatic heterocycles. The van der Waals surface area contributed by atoms with Crippen LogP contribution in [-0.2, 0) is 0 Å². The summed E-state index contributed by atoms with van der Waals surface area (Å²) in [6, 6.07) is 12.3. The summed E-state index contributed by atoms with van der Waals surface area (Å²) >= 11 is 0. The van der Waals surface area contributed by atoms with Gasteiger partial charge in [0.25, 0.3) is 0 Å². The van der Waals surface area contributed by atoms with Crippen LogP contribution in [0.3, 0.4) is 0 Å². The van der Waals surface area contributed by atoms with Crippen molar-refractivity contribution in [2.24, 2.45) is 0 Å². The van der Waals surface area contributed by atoms with E-state index in [2.05, 4.69) is 28.2 Å². The Morgan fingerprint density at radius 1 is 1.19 bits per heavy atom. The van der Waals surface area contributed by atoms with E-state index < -0.39 is 6.10 Å². The molecule has 2 aromatic carbocycles. The van der Waals surface area contributed by atoms with Gasteiger partial charge >= 0.3 is 0 Å². The monoisotopic (exact) mass is 368 g/mol. The Morgan fingerprint density at radius 2 is 1.93 bits per heavy atom. The smallest absolute Gasteiger partial charge is 0.123 e. The van der Waals surface area contributed by atoms with E-state index in [4.69, 9.17) is 4.74 Å². The number of β-amino-alcohol motifs (C(OH)–C–C–N with tert-alkyl or cyclic N) is 1. The van der Waals surface area contributed by atoms with Gasteiger partial charge in [-0.05, 0) is 73.3 Å². The van der Waals surface area contributed by atoms with E-state index in [1.807, 2.05) is 6.07 Å². The van der Waals surface area contributed by atoms with Crippen molar-refractivity contribution in [1.82, 2.24) is 9.88 Å². The molecular formula is C22H25FN2O2. The lowest BCUT2D eigenvalue weighted by Crippen LogP contribution is -2.36. The molecule has 0 saturated carbocycles. The van der Waals surface area contributed by atoms with Crippen LogP contribution in [0.2, 0.25) is 0 Å². The summed E-state index contributed by atoms with van der Waals surface area (Å²) in [6.07, 6.45) is 3.65. The maximum absolute atomic E-state index is 13.0. The zero-order valence-electron chi connectivity index (χ0n) is 15.5. The fourth-order valence-corrected chi connectivity index (χ4v) is 4.05. The Hall–Kier alpha value is -2.37. The second-order valence-electron chi connectivity index (χ2n) is 7.30. The number of aliphatic hydroxyl groups is 1. The summed E-state index contributed by atoms with van der Waals surface area (Å²) < 4.78 is 18.4. The lowest BCUT2D eigenvalue weighted by Gasteiger charge is -2.33. The van der Waals surface area contributed by atoms with Gasteiger partial charge in [0.15, 0.2) is 0 Å². The van der Waals surface area contributed by atoms with Crippen molar-refractivity contribution in [3.63, 3.8) is 0 Å². The number of ether oxygens (including phenoxy) is 1. The molecule has 142 valence electrons. The fraction of sp³-hybridized carbons (Fsp3) is 0.364. The number of nitrogens with one attached hydrogen (secondary N) is 1. The highest BCUT2D eigenvalue weighted by Crippen LogP contribution is 2.35. The number of piperidine rings is 1. The molecule has 1 aliphatic rings. The van der Waals surface area contributed by atoms with Crippen molar-refractivity contribution in [3.8, 4) is 5.75 Å². The number of rotatable bonds is 5. The van der Waals surface area contributed by atoms with E-state index in [0.29, 0.717) is 12.5 Å². The van der Waals surface area contributed by atoms with Crippen LogP contribution in [0.1, 0.15) is 36.0 Å². The summed E-state index contributed by atoms with van der Waals surface area (Å²) in [5, 5.41) is 11.7. The molecule has 0 aliphatic carbocycles. The van der Waals surface area contributed by atoms with E-state index >= 15 is 0 Å². The van der Waals surface area contributed by atoms with Gasteiger partial charge < -0.3 is 19.7 Å². The number of likely N-dealkylation sites (tertiary alicyclic amines) is 1. The highest BCUT2D eigenvalue weighted by molar-refractivity contribution is 5.85. The Balaban J connectivity index is 1.39. The minimum absolute atomic E-state index is 0.276. The third kappa shape index (κ3) is 3.84. The molecule has 4 rings (SSSR count). The van der Waals surface area contributed by atoms with Gasteiger partial charge in [0.2, 0.25) is 0 Å². The van der Waals surface area contributed by atoms with Gasteiger partial charge in [-0.15, -0.1) is 0 Å². The number of halogens is 1. The molecule has 5 heteroatoms. The molecule has 27 heavy (non-hydrogen) atoms. The van der Waals surface area contributed by atoms with Crippen LogP contribution in [0.5, 0.6) is 5.75 Å². The van der Waals surface area contributed by atoms with Crippen molar-refractivity contribution in [3.05, 3.63) is 65.6 Å². The highest BCUT2D eigenvalue weighted by atomic mass is 19.1. The number of benzene rings is 2. The van der Waals surface area contributed by atoms with E-state index in [0.717, 1.165) is 42.8 Å². The van der Waals surface area contributed by atoms with E-state index in [1.165, 1.54) is 23.1 Å². The van der Waals surface area contributed by atoms with Crippen LogP contribution in [0.4, 0.5) is 4.39 Å². The Morgan fingerprint density at radius 3 is 2.63 bits per heavy atom. The van der Waals surface area contributed by atoms with Gasteiger partial charge in [0, 0.05) is 23.6 Å². The number of aromatic nitrogens is 1. The van der Waals surface area contributed by atoms with Gasteiger partial charge in [-0.2, -0.15) is 0 Å². The van der Waals surface area contributed by atoms with Gasteiger partial charge in [0.05, 0.1) is 13.2 Å². The highest BCUT2D eigenvalue weighted by Gasteiger charge is 2.24. The van der Waals surface area contributed by atoms with Gasteiger partial charge in [-0.1, -0.05) is 12.1 Å². The normalized spacial score (nSPS) is 17.3. The first kappa shape index (κ1) is 18.0. The maximum atomic E-state index is 13.0. The minimum Gasteiger partial charge on any atom is -0.497 e. The predicted octanol–water partition coefficient (Wildman–Crippen LogP) is 4.23. The van der Waals surface area contributed by atoms with Crippen molar-refractivity contribution in [2.45, 2.75) is 24.9 Å². The van der Waals surface area contributed by atoms with Crippen LogP contribution in [0, 0.1) is 5.82 Å². The molecule has 1 saturated heterocycles. The van der Waals surface area contributed by atoms with Gasteiger partial charge in [-0.3, -0.25) is 0 Å². The minimum atomic E-state index is -0.584. The second-order valence-corrected chi connectivity index (χ2v) is 7.30. The van der Waals surface area contributed by atoms with Gasteiger partial charge in [-0.25, -0.2) is 4.39 Å². The molecule has 0 spiro atoms. The molecule has 2 heterocycles. The lowest BCUT2D eigenvalue weighted by atomic mass is 9.89. The van der Waals surface area contributed by atoms with Crippen LogP contribution in [-0.4, -0.2) is 41.7 Å². The Kier molecular flexibility index (Phi) is 5.14. The van der Waals surface area contributed by atoms with Crippen LogP contribution >= 0.6 is 0 Å². The van der Waals surface area contributed by atoms with E-state index in [1.54, 1.807) is 19.2 Å². The zero-order chi connectivity index (χ0) is 18.8. The molecule has 0 unspecified atom stereocenters. The third-order valence-corrected chi connectivity index (χ3v) is 5.63. The number of fused-ring (bicyclic) bond motifs is 1. The van der Waals surface area contributed by atoms with Crippen LogP contribution < -0.4 is 4.74 Å². The zero-order valence-corrected chi connectivity index (χ0v) is 15.5. The van der Waals surface area contributed by atoms with Crippen molar-refractivity contribution in [1.29, 1.82) is 0 Å². The molecule has 4 nitrogen and oxygen atoms in total. The molecule has 0 radical (unpaired) electrons. The molecule has 1 fully saturated rings. The lowest BCUT2D eigenvalue weighted by molar-refractivity contribution is 0.0973. The molecule has 1 atom stereocenters. The molecule has 3 aromatic rings. The Labute approximate surface area is 158 Å². The van der Waals surface area contributed by atoms with Crippen molar-refractivity contribution in [2.75, 3.05) is 26.7 Å². The molecular weight excluding hydrogens is 343 g/mol. The number of aliphatic hydroxyl groups excluding tert-OH is 1. The maximum Gasteiger partial charge on any atom is 0.123 e. The average molecular weight is 368 g/mol. The number of aromatic amines is 1. The summed E-state index contributed by atoms with van der Waals surface area (Å²) in [6.45, 7) is 2.47. The summed E-state index contributed by atoms with van der Waals surface area (Å²) in [5.74, 6) is 1.11. The largest absolute Gasteiger partial charge is 0.497 e. The number of methoxy groups -OCH3 is 1. The predicted molar refractivity (Wildman–Crippen MR) is 105 cm³/mol. The van der Waals surface area contributed by atoms with Crippen LogP contribution in [0.15, 0.2) is 48.7 Å². The van der Waals surface area contributed by atoms with Crippen molar-refractivity contribution >= 4 is 10.9 Å². The van der Waals surface area contributed by atoms with Crippen LogP contribution in [0.25, 0.3) is 10.9 Å². The third-order valence-electron chi connectivity index (χ3n) is 5.63. The molecule has 0 amide bonds. The number of hydrogen-bond donors (Lipinski definition) is 2. The first-order chi connectivity index (χ1) is 13.1. The SMILES string of the molecule is COc1ccc2[nH]cc(C3CCN(C[C@@H](O)c4ccc(F)cc4)CC3)c2c1. The van der Waals surface area contributed by atoms with Crippen molar-refractivity contribution < 1.29 is 14.2 Å². The summed E-state index contributed by atoms with van der Waals surface area (Å²) in [4.78, 5) is 5.66. The molecule has 2 N–H and O–H groups in total. The topological polar surface area (TPSA) is 48.5 Å². The van der Waals surface area contributed by atoms with E-state index in [9.17, 15) is 9.50 Å². The van der Waals surface area contributed by atoms with E-state index in [-0.39, 0.29) is 5.82 Å². The number of hydrogen-bond acceptors (Lipinski definition) is 3. The molecule has 0 bridgehead atoms.